The SMILES string of the molecule is OCC1CNCCNCCNCCNCCN1. The summed E-state index contributed by atoms with van der Waals surface area (Å²) in [4.78, 5) is 0. The Kier molecular flexibility index (Phi) is 9.49. The highest BCUT2D eigenvalue weighted by Crippen LogP contribution is 1.79. The average Bonchev–Trinajstić information content (AvgIpc) is 2.36. The van der Waals surface area contributed by atoms with E-state index >= 15 is 0 Å². The van der Waals surface area contributed by atoms with E-state index in [1.807, 2.05) is 0 Å². The zero-order chi connectivity index (χ0) is 12.2. The van der Waals surface area contributed by atoms with Gasteiger partial charge in [-0.25, -0.2) is 0 Å². The van der Waals surface area contributed by atoms with E-state index in [4.69, 9.17) is 0 Å². The van der Waals surface area contributed by atoms with Gasteiger partial charge >= 0.3 is 0 Å². The van der Waals surface area contributed by atoms with Crippen molar-refractivity contribution in [3.05, 3.63) is 0 Å². The van der Waals surface area contributed by atoms with Gasteiger partial charge in [0.1, 0.15) is 0 Å². The van der Waals surface area contributed by atoms with Crippen LogP contribution in [0.5, 0.6) is 0 Å². The van der Waals surface area contributed by atoms with Gasteiger partial charge in [0.05, 0.1) is 6.61 Å². The molecular formula is C11H27N5O. The van der Waals surface area contributed by atoms with Crippen LogP contribution in [0.25, 0.3) is 0 Å². The van der Waals surface area contributed by atoms with Crippen LogP contribution in [0.1, 0.15) is 0 Å². The van der Waals surface area contributed by atoms with E-state index in [-0.39, 0.29) is 12.6 Å². The van der Waals surface area contributed by atoms with Gasteiger partial charge in [0.25, 0.3) is 0 Å². The average molecular weight is 245 g/mol. The van der Waals surface area contributed by atoms with Gasteiger partial charge in [0.15, 0.2) is 0 Å². The highest BCUT2D eigenvalue weighted by molar-refractivity contribution is 4.70. The Morgan fingerprint density at radius 1 is 0.706 bits per heavy atom. The summed E-state index contributed by atoms with van der Waals surface area (Å²) >= 11 is 0. The fraction of sp³-hybridized carbons (Fsp3) is 1.00. The zero-order valence-electron chi connectivity index (χ0n) is 10.6. The lowest BCUT2D eigenvalue weighted by atomic mass is 10.3. The van der Waals surface area contributed by atoms with Gasteiger partial charge in [-0.3, -0.25) is 0 Å². The third-order valence-corrected chi connectivity index (χ3v) is 2.78. The predicted molar refractivity (Wildman–Crippen MR) is 70.4 cm³/mol. The van der Waals surface area contributed by atoms with E-state index in [9.17, 15) is 5.11 Å². The van der Waals surface area contributed by atoms with Gasteiger partial charge in [0, 0.05) is 64.9 Å². The number of hydrogen-bond donors (Lipinski definition) is 6. The molecule has 1 saturated heterocycles. The van der Waals surface area contributed by atoms with Crippen LogP contribution in [-0.2, 0) is 0 Å². The van der Waals surface area contributed by atoms with Crippen LogP contribution in [0, 0.1) is 0 Å². The summed E-state index contributed by atoms with van der Waals surface area (Å²) in [5.74, 6) is 0. The molecule has 0 spiro atoms. The highest BCUT2D eigenvalue weighted by atomic mass is 16.3. The molecule has 1 fully saturated rings. The minimum absolute atomic E-state index is 0.153. The van der Waals surface area contributed by atoms with Crippen LogP contribution >= 0.6 is 0 Å². The summed E-state index contributed by atoms with van der Waals surface area (Å²) in [5.41, 5.74) is 0. The first-order valence-electron chi connectivity index (χ1n) is 6.60. The molecular weight excluding hydrogens is 218 g/mol. The molecule has 0 radical (unpaired) electrons. The van der Waals surface area contributed by atoms with Crippen molar-refractivity contribution in [2.24, 2.45) is 0 Å². The maximum atomic E-state index is 9.19. The molecule has 0 amide bonds. The van der Waals surface area contributed by atoms with Crippen LogP contribution in [0.3, 0.4) is 0 Å². The maximum absolute atomic E-state index is 9.19. The molecule has 0 saturated carbocycles. The van der Waals surface area contributed by atoms with Crippen molar-refractivity contribution >= 4 is 0 Å². The number of nitrogens with one attached hydrogen (secondary N) is 5. The van der Waals surface area contributed by atoms with Crippen LogP contribution in [0.15, 0.2) is 0 Å². The summed E-state index contributed by atoms with van der Waals surface area (Å²) in [5, 5.41) is 25.9. The summed E-state index contributed by atoms with van der Waals surface area (Å²) < 4.78 is 0. The molecule has 0 aromatic rings. The minimum Gasteiger partial charge on any atom is -0.395 e. The summed E-state index contributed by atoms with van der Waals surface area (Å²) in [6.45, 7) is 8.75. The van der Waals surface area contributed by atoms with Gasteiger partial charge in [-0.1, -0.05) is 0 Å². The van der Waals surface area contributed by atoms with Crippen LogP contribution in [-0.4, -0.2) is 76.7 Å². The first-order chi connectivity index (χ1) is 8.43. The summed E-state index contributed by atoms with van der Waals surface area (Å²) in [6.07, 6.45) is 0. The number of hydrogen-bond acceptors (Lipinski definition) is 6. The third kappa shape index (κ3) is 8.48. The molecule has 1 aliphatic rings. The molecule has 0 aromatic carbocycles. The molecule has 1 heterocycles. The maximum Gasteiger partial charge on any atom is 0.0597 e. The molecule has 0 aromatic heterocycles. The number of aliphatic hydroxyl groups excluding tert-OH is 1. The van der Waals surface area contributed by atoms with Crippen molar-refractivity contribution in [2.45, 2.75) is 6.04 Å². The van der Waals surface area contributed by atoms with Crippen LogP contribution in [0.4, 0.5) is 0 Å². The third-order valence-electron chi connectivity index (χ3n) is 2.78. The van der Waals surface area contributed by atoms with Gasteiger partial charge in [-0.15, -0.1) is 0 Å². The van der Waals surface area contributed by atoms with Crippen molar-refractivity contribution < 1.29 is 5.11 Å². The quantitative estimate of drug-likeness (QED) is 0.302. The second kappa shape index (κ2) is 10.9. The Bertz CT molecular complexity index is 154. The van der Waals surface area contributed by atoms with Crippen molar-refractivity contribution in [2.75, 3.05) is 65.5 Å². The molecule has 6 heteroatoms. The normalized spacial score (nSPS) is 27.0. The Morgan fingerprint density at radius 2 is 1.18 bits per heavy atom. The first kappa shape index (κ1) is 14.8. The first-order valence-corrected chi connectivity index (χ1v) is 6.60. The fourth-order valence-corrected chi connectivity index (χ4v) is 1.75. The molecule has 1 atom stereocenters. The highest BCUT2D eigenvalue weighted by Gasteiger charge is 2.05. The van der Waals surface area contributed by atoms with Crippen LogP contribution in [0.2, 0.25) is 0 Å². The Morgan fingerprint density at radius 3 is 1.71 bits per heavy atom. The lowest BCUT2D eigenvalue weighted by Crippen LogP contribution is -2.45. The van der Waals surface area contributed by atoms with Gasteiger partial charge in [-0.2, -0.15) is 0 Å². The van der Waals surface area contributed by atoms with E-state index in [1.165, 1.54) is 0 Å². The molecule has 1 rings (SSSR count). The van der Waals surface area contributed by atoms with E-state index in [0.29, 0.717) is 0 Å². The van der Waals surface area contributed by atoms with Crippen molar-refractivity contribution in [1.29, 1.82) is 0 Å². The second-order valence-corrected chi connectivity index (χ2v) is 4.29. The van der Waals surface area contributed by atoms with Gasteiger partial charge in [-0.05, 0) is 0 Å². The molecule has 1 unspecified atom stereocenters. The molecule has 6 nitrogen and oxygen atoms in total. The Hall–Kier alpha value is -0.240. The van der Waals surface area contributed by atoms with Crippen LogP contribution < -0.4 is 26.6 Å². The molecule has 0 bridgehead atoms. The summed E-state index contributed by atoms with van der Waals surface area (Å²) in [7, 11) is 0. The predicted octanol–water partition coefficient (Wildman–Crippen LogP) is -2.69. The monoisotopic (exact) mass is 245 g/mol. The molecule has 102 valence electrons. The Balaban J connectivity index is 2.16. The second-order valence-electron chi connectivity index (χ2n) is 4.29. The van der Waals surface area contributed by atoms with Gasteiger partial charge < -0.3 is 31.7 Å². The van der Waals surface area contributed by atoms with E-state index in [1.54, 1.807) is 0 Å². The number of aliphatic hydroxyl groups is 1. The van der Waals surface area contributed by atoms with E-state index < -0.39 is 0 Å². The van der Waals surface area contributed by atoms with Crippen molar-refractivity contribution in [3.63, 3.8) is 0 Å². The van der Waals surface area contributed by atoms with Crippen molar-refractivity contribution in [3.8, 4) is 0 Å². The molecule has 0 aliphatic carbocycles. The zero-order valence-corrected chi connectivity index (χ0v) is 10.6. The smallest absolute Gasteiger partial charge is 0.0597 e. The molecule has 1 aliphatic heterocycles. The molecule has 6 N–H and O–H groups in total. The van der Waals surface area contributed by atoms with E-state index in [2.05, 4.69) is 26.6 Å². The lowest BCUT2D eigenvalue weighted by Gasteiger charge is -2.17. The van der Waals surface area contributed by atoms with E-state index in [0.717, 1.165) is 58.9 Å². The largest absolute Gasteiger partial charge is 0.395 e. The fourth-order valence-electron chi connectivity index (χ4n) is 1.75. The minimum atomic E-state index is 0.153. The van der Waals surface area contributed by atoms with Crippen molar-refractivity contribution in [1.82, 2.24) is 26.6 Å². The Labute approximate surface area is 104 Å². The topological polar surface area (TPSA) is 80.4 Å². The lowest BCUT2D eigenvalue weighted by molar-refractivity contribution is 0.239. The molecule has 17 heavy (non-hydrogen) atoms. The number of rotatable bonds is 1. The standard InChI is InChI=1S/C11H27N5O/c17-10-11-9-15-6-5-13-2-1-12-3-4-14-7-8-16-11/h11-17H,1-10H2. The van der Waals surface area contributed by atoms with Gasteiger partial charge in [0.2, 0.25) is 0 Å². The summed E-state index contributed by atoms with van der Waals surface area (Å²) in [6, 6.07) is 0.153.